The Morgan fingerprint density at radius 3 is 2.38 bits per heavy atom. The molecule has 0 radical (unpaired) electrons. The first-order chi connectivity index (χ1) is 13.7. The number of aromatic nitrogens is 1. The Kier molecular flexibility index (Phi) is 5.83. The zero-order valence-corrected chi connectivity index (χ0v) is 16.1. The summed E-state index contributed by atoms with van der Waals surface area (Å²) in [6.07, 6.45) is -0.677. The van der Waals surface area contributed by atoms with E-state index in [1.165, 1.54) is 30.4 Å². The summed E-state index contributed by atoms with van der Waals surface area (Å²) < 4.78 is 40.7. The third-order valence-electron chi connectivity index (χ3n) is 4.57. The van der Waals surface area contributed by atoms with Gasteiger partial charge in [-0.2, -0.15) is 0 Å². The Labute approximate surface area is 168 Å². The second kappa shape index (κ2) is 8.16. The number of carboxylic acids is 1. The summed E-state index contributed by atoms with van der Waals surface area (Å²) >= 11 is 1.26. The van der Waals surface area contributed by atoms with Crippen LogP contribution in [0, 0.1) is 17.5 Å². The van der Waals surface area contributed by atoms with E-state index in [1.807, 2.05) is 0 Å². The zero-order valence-electron chi connectivity index (χ0n) is 15.3. The number of nitrogens with zero attached hydrogens (tertiary/aromatic N) is 1. The molecule has 1 aromatic heterocycles. The minimum atomic E-state index is -1.92. The predicted octanol–water partition coefficient (Wildman–Crippen LogP) is 4.77. The highest BCUT2D eigenvalue weighted by atomic mass is 32.1. The molecule has 4 nitrogen and oxygen atoms in total. The predicted molar refractivity (Wildman–Crippen MR) is 102 cm³/mol. The molecule has 1 heterocycles. The van der Waals surface area contributed by atoms with Crippen molar-refractivity contribution in [2.45, 2.75) is 25.2 Å². The van der Waals surface area contributed by atoms with Gasteiger partial charge in [-0.05, 0) is 49.4 Å². The van der Waals surface area contributed by atoms with Crippen molar-refractivity contribution in [3.05, 3.63) is 76.6 Å². The van der Waals surface area contributed by atoms with Crippen LogP contribution in [0.3, 0.4) is 0 Å². The number of thiazole rings is 1. The fourth-order valence-corrected chi connectivity index (χ4v) is 3.80. The number of rotatable bonds is 7. The van der Waals surface area contributed by atoms with Crippen LogP contribution in [-0.2, 0) is 21.4 Å². The van der Waals surface area contributed by atoms with E-state index in [1.54, 1.807) is 17.5 Å². The van der Waals surface area contributed by atoms with Crippen LogP contribution in [-0.4, -0.2) is 21.8 Å². The molecule has 29 heavy (non-hydrogen) atoms. The molecule has 0 spiro atoms. The Morgan fingerprint density at radius 2 is 1.72 bits per heavy atom. The standard InChI is InChI=1S/C21H16F3NO3S/c1-21(20(27)28,17-8-14(23)6-7-18(17)24)10-16(26)9-15-11-29-19(25-15)12-2-4-13(22)5-3-12/h2-8,11H,9-10H2,1H3,(H,27,28). The number of hydrogen-bond donors (Lipinski definition) is 1. The molecule has 0 aliphatic rings. The summed E-state index contributed by atoms with van der Waals surface area (Å²) in [5.74, 6) is -3.96. The van der Waals surface area contributed by atoms with E-state index in [-0.39, 0.29) is 17.8 Å². The minimum Gasteiger partial charge on any atom is -0.481 e. The van der Waals surface area contributed by atoms with Crippen LogP contribution >= 0.6 is 11.3 Å². The Morgan fingerprint density at radius 1 is 1.07 bits per heavy atom. The van der Waals surface area contributed by atoms with Crippen LogP contribution in [0.4, 0.5) is 13.2 Å². The molecule has 1 N–H and O–H groups in total. The summed E-state index contributed by atoms with van der Waals surface area (Å²) in [7, 11) is 0. The van der Waals surface area contributed by atoms with E-state index >= 15 is 0 Å². The molecule has 0 saturated heterocycles. The van der Waals surface area contributed by atoms with Gasteiger partial charge in [0, 0.05) is 29.3 Å². The van der Waals surface area contributed by atoms with Crippen molar-refractivity contribution >= 4 is 23.1 Å². The van der Waals surface area contributed by atoms with Crippen molar-refractivity contribution in [2.75, 3.05) is 0 Å². The lowest BCUT2D eigenvalue weighted by Gasteiger charge is -2.25. The summed E-state index contributed by atoms with van der Waals surface area (Å²) in [6.45, 7) is 1.19. The van der Waals surface area contributed by atoms with Crippen molar-refractivity contribution in [1.29, 1.82) is 0 Å². The quantitative estimate of drug-likeness (QED) is 0.599. The Bertz CT molecular complexity index is 1070. The van der Waals surface area contributed by atoms with Crippen LogP contribution < -0.4 is 0 Å². The lowest BCUT2D eigenvalue weighted by atomic mass is 9.77. The summed E-state index contributed by atoms with van der Waals surface area (Å²) in [5, 5.41) is 11.8. The maximum atomic E-state index is 14.1. The van der Waals surface area contributed by atoms with Gasteiger partial charge in [0.1, 0.15) is 28.2 Å². The van der Waals surface area contributed by atoms with E-state index in [0.717, 1.165) is 18.2 Å². The number of carboxylic acid groups (broad SMARTS) is 1. The Balaban J connectivity index is 1.79. The van der Waals surface area contributed by atoms with Gasteiger partial charge in [0.25, 0.3) is 0 Å². The number of hydrogen-bond acceptors (Lipinski definition) is 4. The molecule has 0 saturated carbocycles. The van der Waals surface area contributed by atoms with Crippen LogP contribution in [0.5, 0.6) is 0 Å². The van der Waals surface area contributed by atoms with E-state index in [2.05, 4.69) is 4.98 Å². The molecule has 0 fully saturated rings. The number of carbonyl (C=O) groups excluding carboxylic acids is 1. The molecule has 150 valence electrons. The van der Waals surface area contributed by atoms with Gasteiger partial charge >= 0.3 is 5.97 Å². The van der Waals surface area contributed by atoms with E-state index < -0.39 is 35.2 Å². The molecule has 8 heteroatoms. The molecule has 2 aromatic carbocycles. The maximum absolute atomic E-state index is 14.1. The maximum Gasteiger partial charge on any atom is 0.314 e. The zero-order chi connectivity index (χ0) is 21.2. The molecule has 0 aliphatic heterocycles. The second-order valence-electron chi connectivity index (χ2n) is 6.80. The summed E-state index contributed by atoms with van der Waals surface area (Å²) in [4.78, 5) is 28.7. The lowest BCUT2D eigenvalue weighted by molar-refractivity contribution is -0.145. The molecular weight excluding hydrogens is 403 g/mol. The van der Waals surface area contributed by atoms with Gasteiger partial charge in [0.05, 0.1) is 11.1 Å². The average Bonchev–Trinajstić information content (AvgIpc) is 3.12. The van der Waals surface area contributed by atoms with Gasteiger partial charge in [-0.15, -0.1) is 11.3 Å². The molecule has 0 aliphatic carbocycles. The van der Waals surface area contributed by atoms with E-state index in [0.29, 0.717) is 16.3 Å². The summed E-state index contributed by atoms with van der Waals surface area (Å²) in [5.41, 5.74) is -1.19. The highest BCUT2D eigenvalue weighted by Gasteiger charge is 2.40. The van der Waals surface area contributed by atoms with Gasteiger partial charge in [-0.3, -0.25) is 9.59 Å². The SMILES string of the molecule is CC(CC(=O)Cc1csc(-c2ccc(F)cc2)n1)(C(=O)O)c1cc(F)ccc1F. The molecule has 3 rings (SSSR count). The van der Waals surface area contributed by atoms with Crippen molar-refractivity contribution < 1.29 is 27.9 Å². The highest BCUT2D eigenvalue weighted by molar-refractivity contribution is 7.13. The van der Waals surface area contributed by atoms with Gasteiger partial charge in [-0.1, -0.05) is 0 Å². The topological polar surface area (TPSA) is 67.3 Å². The molecule has 1 atom stereocenters. The van der Waals surface area contributed by atoms with Gasteiger partial charge in [0.2, 0.25) is 0 Å². The highest BCUT2D eigenvalue weighted by Crippen LogP contribution is 2.32. The number of halogens is 3. The largest absolute Gasteiger partial charge is 0.481 e. The first kappa shape index (κ1) is 20.7. The number of carbonyl (C=O) groups is 2. The summed E-state index contributed by atoms with van der Waals surface area (Å²) in [6, 6.07) is 8.25. The number of ketones is 1. The Hall–Kier alpha value is -3.00. The number of benzene rings is 2. The van der Waals surface area contributed by atoms with Crippen LogP contribution in [0.2, 0.25) is 0 Å². The molecular formula is C21H16F3NO3S. The monoisotopic (exact) mass is 419 g/mol. The van der Waals surface area contributed by atoms with Crippen molar-refractivity contribution in [3.63, 3.8) is 0 Å². The van der Waals surface area contributed by atoms with Gasteiger partial charge < -0.3 is 5.11 Å². The van der Waals surface area contributed by atoms with Gasteiger partial charge in [-0.25, -0.2) is 18.2 Å². The average molecular weight is 419 g/mol. The molecule has 3 aromatic rings. The normalized spacial score (nSPS) is 13.1. The second-order valence-corrected chi connectivity index (χ2v) is 7.66. The van der Waals surface area contributed by atoms with Crippen molar-refractivity contribution in [3.8, 4) is 10.6 Å². The fourth-order valence-electron chi connectivity index (χ4n) is 2.98. The smallest absolute Gasteiger partial charge is 0.314 e. The molecule has 0 amide bonds. The van der Waals surface area contributed by atoms with Crippen molar-refractivity contribution in [1.82, 2.24) is 4.98 Å². The number of Topliss-reactive ketones (excluding diaryl/α,β-unsaturated/α-hetero) is 1. The third kappa shape index (κ3) is 4.54. The van der Waals surface area contributed by atoms with Crippen LogP contribution in [0.25, 0.3) is 10.6 Å². The van der Waals surface area contributed by atoms with Gasteiger partial charge in [0.15, 0.2) is 0 Å². The third-order valence-corrected chi connectivity index (χ3v) is 5.51. The van der Waals surface area contributed by atoms with Crippen molar-refractivity contribution in [2.24, 2.45) is 0 Å². The lowest BCUT2D eigenvalue weighted by Crippen LogP contribution is -2.36. The first-order valence-electron chi connectivity index (χ1n) is 8.60. The number of aliphatic carboxylic acids is 1. The minimum absolute atomic E-state index is 0.155. The van der Waals surface area contributed by atoms with Crippen LogP contribution in [0.15, 0.2) is 47.8 Å². The molecule has 1 unspecified atom stereocenters. The first-order valence-corrected chi connectivity index (χ1v) is 9.48. The fraction of sp³-hybridized carbons (Fsp3) is 0.190. The van der Waals surface area contributed by atoms with E-state index in [9.17, 15) is 27.9 Å². The van der Waals surface area contributed by atoms with E-state index in [4.69, 9.17) is 0 Å². The molecule has 0 bridgehead atoms. The van der Waals surface area contributed by atoms with Crippen LogP contribution in [0.1, 0.15) is 24.6 Å².